The number of carbonyl (C=O) groups is 2. The van der Waals surface area contributed by atoms with Gasteiger partial charge in [-0.2, -0.15) is 0 Å². The van der Waals surface area contributed by atoms with Crippen molar-refractivity contribution in [1.82, 2.24) is 5.32 Å². The van der Waals surface area contributed by atoms with Gasteiger partial charge in [0.05, 0.1) is 5.41 Å². The molecule has 5 heteroatoms. The number of nitrogens with one attached hydrogen (secondary N) is 1. The molecule has 0 aromatic heterocycles. The zero-order valence-electron chi connectivity index (χ0n) is 13.1. The third-order valence-electron chi connectivity index (χ3n) is 4.17. The van der Waals surface area contributed by atoms with Gasteiger partial charge in [-0.3, -0.25) is 4.79 Å². The van der Waals surface area contributed by atoms with Crippen molar-refractivity contribution in [3.05, 3.63) is 29.8 Å². The molecule has 4 N–H and O–H groups in total. The predicted molar refractivity (Wildman–Crippen MR) is 83.0 cm³/mol. The quantitative estimate of drug-likeness (QED) is 0.701. The van der Waals surface area contributed by atoms with Gasteiger partial charge in [0.15, 0.2) is 0 Å². The first-order chi connectivity index (χ1) is 9.69. The lowest BCUT2D eigenvalue weighted by molar-refractivity contribution is -0.148. The highest BCUT2D eigenvalue weighted by Crippen LogP contribution is 2.26. The molecule has 116 valence electrons. The second-order valence-electron chi connectivity index (χ2n) is 5.80. The van der Waals surface area contributed by atoms with Gasteiger partial charge in [0.25, 0.3) is 0 Å². The Labute approximate surface area is 125 Å². The van der Waals surface area contributed by atoms with Crippen LogP contribution in [0.5, 0.6) is 0 Å². The molecule has 1 aromatic rings. The fourth-order valence-corrected chi connectivity index (χ4v) is 2.19. The molecule has 0 saturated heterocycles. The van der Waals surface area contributed by atoms with E-state index in [4.69, 9.17) is 5.73 Å². The van der Waals surface area contributed by atoms with Crippen LogP contribution in [0.15, 0.2) is 24.3 Å². The van der Waals surface area contributed by atoms with Crippen molar-refractivity contribution in [1.29, 1.82) is 0 Å². The standard InChI is InChI=1S/C16H24N2O3/c1-5-16(6-2,14(20)21)18-13(19)15(3,4)11-7-9-12(17)10-8-11/h7-10H,5-6,17H2,1-4H3,(H,18,19)(H,20,21). The van der Waals surface area contributed by atoms with Gasteiger partial charge in [-0.05, 0) is 44.4 Å². The first kappa shape index (κ1) is 17.0. The maximum absolute atomic E-state index is 12.6. The molecular formula is C16H24N2O3. The summed E-state index contributed by atoms with van der Waals surface area (Å²) in [6.45, 7) is 7.06. The van der Waals surface area contributed by atoms with Crippen molar-refractivity contribution in [2.45, 2.75) is 51.5 Å². The Morgan fingerprint density at radius 1 is 1.14 bits per heavy atom. The van der Waals surface area contributed by atoms with Crippen molar-refractivity contribution in [3.63, 3.8) is 0 Å². The van der Waals surface area contributed by atoms with E-state index in [2.05, 4.69) is 5.32 Å². The highest BCUT2D eigenvalue weighted by molar-refractivity contribution is 5.92. The van der Waals surface area contributed by atoms with Crippen LogP contribution in [0, 0.1) is 0 Å². The smallest absolute Gasteiger partial charge is 0.329 e. The normalized spacial score (nSPS) is 12.0. The maximum atomic E-state index is 12.6. The van der Waals surface area contributed by atoms with Gasteiger partial charge in [0, 0.05) is 5.69 Å². The molecule has 1 rings (SSSR count). The Hall–Kier alpha value is -2.04. The molecule has 0 saturated carbocycles. The lowest BCUT2D eigenvalue weighted by atomic mass is 9.81. The monoisotopic (exact) mass is 292 g/mol. The van der Waals surface area contributed by atoms with E-state index in [0.717, 1.165) is 5.56 Å². The summed E-state index contributed by atoms with van der Waals surface area (Å²) in [6, 6.07) is 7.04. The van der Waals surface area contributed by atoms with E-state index >= 15 is 0 Å². The SMILES string of the molecule is CCC(CC)(NC(=O)C(C)(C)c1ccc(N)cc1)C(=O)O. The number of carbonyl (C=O) groups excluding carboxylic acids is 1. The Morgan fingerprint density at radius 3 is 2.00 bits per heavy atom. The van der Waals surface area contributed by atoms with Crippen LogP contribution in [-0.2, 0) is 15.0 Å². The van der Waals surface area contributed by atoms with Gasteiger partial charge in [-0.25, -0.2) is 4.79 Å². The molecule has 5 nitrogen and oxygen atoms in total. The maximum Gasteiger partial charge on any atom is 0.329 e. The molecule has 0 spiro atoms. The molecule has 0 aliphatic carbocycles. The number of carboxylic acids is 1. The van der Waals surface area contributed by atoms with Crippen LogP contribution in [0.25, 0.3) is 0 Å². The molecule has 0 unspecified atom stereocenters. The number of rotatable bonds is 6. The van der Waals surface area contributed by atoms with E-state index in [1.54, 1.807) is 52.0 Å². The first-order valence-corrected chi connectivity index (χ1v) is 7.11. The highest BCUT2D eigenvalue weighted by Gasteiger charge is 2.40. The summed E-state index contributed by atoms with van der Waals surface area (Å²) in [7, 11) is 0. The van der Waals surface area contributed by atoms with Crippen LogP contribution in [0.2, 0.25) is 0 Å². The zero-order valence-corrected chi connectivity index (χ0v) is 13.1. The Bertz CT molecular complexity index is 517. The Balaban J connectivity index is 3.06. The van der Waals surface area contributed by atoms with Gasteiger partial charge in [0.1, 0.15) is 5.54 Å². The number of hydrogen-bond donors (Lipinski definition) is 3. The second kappa shape index (κ2) is 6.16. The van der Waals surface area contributed by atoms with Gasteiger partial charge in [0.2, 0.25) is 5.91 Å². The molecule has 0 bridgehead atoms. The summed E-state index contributed by atoms with van der Waals surface area (Å²) in [6.07, 6.45) is 0.671. The first-order valence-electron chi connectivity index (χ1n) is 7.11. The summed E-state index contributed by atoms with van der Waals surface area (Å²) < 4.78 is 0. The molecule has 1 aromatic carbocycles. The fraction of sp³-hybridized carbons (Fsp3) is 0.500. The largest absolute Gasteiger partial charge is 0.480 e. The molecule has 0 aliphatic rings. The molecule has 21 heavy (non-hydrogen) atoms. The van der Waals surface area contributed by atoms with Crippen LogP contribution in [0.4, 0.5) is 5.69 Å². The van der Waals surface area contributed by atoms with Crippen LogP contribution in [0.1, 0.15) is 46.1 Å². The summed E-state index contributed by atoms with van der Waals surface area (Å²) in [5.41, 5.74) is 5.01. The summed E-state index contributed by atoms with van der Waals surface area (Å²) >= 11 is 0. The van der Waals surface area contributed by atoms with Crippen LogP contribution < -0.4 is 11.1 Å². The number of hydrogen-bond acceptors (Lipinski definition) is 3. The predicted octanol–water partition coefficient (Wildman–Crippen LogP) is 2.31. The summed E-state index contributed by atoms with van der Waals surface area (Å²) in [4.78, 5) is 24.1. The van der Waals surface area contributed by atoms with Crippen LogP contribution in [0.3, 0.4) is 0 Å². The topological polar surface area (TPSA) is 92.4 Å². The number of carboxylic acid groups (broad SMARTS) is 1. The number of aliphatic carboxylic acids is 1. The van der Waals surface area contributed by atoms with E-state index < -0.39 is 16.9 Å². The van der Waals surface area contributed by atoms with Crippen LogP contribution in [-0.4, -0.2) is 22.5 Å². The Morgan fingerprint density at radius 2 is 1.62 bits per heavy atom. The van der Waals surface area contributed by atoms with Crippen molar-refractivity contribution in [2.75, 3.05) is 5.73 Å². The molecule has 0 heterocycles. The minimum atomic E-state index is -1.22. The summed E-state index contributed by atoms with van der Waals surface area (Å²) in [5, 5.41) is 12.1. The molecular weight excluding hydrogens is 268 g/mol. The summed E-state index contributed by atoms with van der Waals surface area (Å²) in [5.74, 6) is -1.31. The average molecular weight is 292 g/mol. The molecule has 0 radical (unpaired) electrons. The van der Waals surface area contributed by atoms with Gasteiger partial charge in [-0.15, -0.1) is 0 Å². The number of nitrogen functional groups attached to an aromatic ring is 1. The third kappa shape index (κ3) is 3.35. The van der Waals surface area contributed by atoms with E-state index in [9.17, 15) is 14.7 Å². The lowest BCUT2D eigenvalue weighted by Crippen LogP contribution is -2.57. The van der Waals surface area contributed by atoms with Crippen molar-refractivity contribution in [2.24, 2.45) is 0 Å². The van der Waals surface area contributed by atoms with E-state index in [0.29, 0.717) is 18.5 Å². The minimum Gasteiger partial charge on any atom is -0.480 e. The molecule has 0 aliphatic heterocycles. The molecule has 0 atom stereocenters. The Kier molecular flexibility index (Phi) is 4.99. The van der Waals surface area contributed by atoms with Crippen LogP contribution >= 0.6 is 0 Å². The lowest BCUT2D eigenvalue weighted by Gasteiger charge is -2.33. The van der Waals surface area contributed by atoms with E-state index in [-0.39, 0.29) is 5.91 Å². The highest BCUT2D eigenvalue weighted by atomic mass is 16.4. The van der Waals surface area contributed by atoms with Crippen molar-refractivity contribution in [3.8, 4) is 0 Å². The van der Waals surface area contributed by atoms with Crippen molar-refractivity contribution < 1.29 is 14.7 Å². The number of benzene rings is 1. The van der Waals surface area contributed by atoms with Gasteiger partial charge < -0.3 is 16.2 Å². The van der Waals surface area contributed by atoms with Crippen molar-refractivity contribution >= 4 is 17.6 Å². The van der Waals surface area contributed by atoms with E-state index in [1.807, 2.05) is 0 Å². The second-order valence-corrected chi connectivity index (χ2v) is 5.80. The number of amides is 1. The fourth-order valence-electron chi connectivity index (χ4n) is 2.19. The molecule has 1 amide bonds. The van der Waals surface area contributed by atoms with E-state index in [1.165, 1.54) is 0 Å². The van der Waals surface area contributed by atoms with Gasteiger partial charge >= 0.3 is 5.97 Å². The number of anilines is 1. The third-order valence-corrected chi connectivity index (χ3v) is 4.17. The zero-order chi connectivity index (χ0) is 16.3. The average Bonchev–Trinajstić information content (AvgIpc) is 2.44. The number of nitrogens with two attached hydrogens (primary N) is 1. The minimum absolute atomic E-state index is 0.307. The van der Waals surface area contributed by atoms with Gasteiger partial charge in [-0.1, -0.05) is 26.0 Å². The molecule has 0 fully saturated rings.